The average Bonchev–Trinajstić information content (AvgIpc) is 2.41. The predicted octanol–water partition coefficient (Wildman–Crippen LogP) is 2.36. The van der Waals surface area contributed by atoms with E-state index >= 15 is 0 Å². The number of carbonyl (C=O) groups is 1. The monoisotopic (exact) mass is 356 g/mol. The van der Waals surface area contributed by atoms with Crippen LogP contribution in [0.1, 0.15) is 36.0 Å². The summed E-state index contributed by atoms with van der Waals surface area (Å²) < 4.78 is 0.737. The van der Waals surface area contributed by atoms with E-state index in [9.17, 15) is 9.90 Å². The fraction of sp³-hybridized carbons (Fsp3) is 0.429. The summed E-state index contributed by atoms with van der Waals surface area (Å²) in [6.45, 7) is 0. The van der Waals surface area contributed by atoms with E-state index in [1.165, 1.54) is 0 Å². The Hall–Kier alpha value is -0.980. The fourth-order valence-corrected chi connectivity index (χ4v) is 2.98. The number of rotatable bonds is 2. The third kappa shape index (κ3) is 4.26. The molecule has 0 atom stereocenters. The van der Waals surface area contributed by atoms with E-state index in [0.717, 1.165) is 30.2 Å². The van der Waals surface area contributed by atoms with Crippen LogP contribution in [0.4, 0.5) is 0 Å². The second kappa shape index (κ2) is 7.15. The van der Waals surface area contributed by atoms with Gasteiger partial charge in [-0.15, -0.1) is 0 Å². The third-order valence-corrected chi connectivity index (χ3v) is 4.29. The van der Waals surface area contributed by atoms with Gasteiger partial charge in [-0.05, 0) is 66.0 Å². The zero-order valence-electron chi connectivity index (χ0n) is 10.9. The molecular formula is C14H17BrN2O2S. The Morgan fingerprint density at radius 2 is 1.90 bits per heavy atom. The normalized spacial score (nSPS) is 22.1. The molecule has 1 saturated carbocycles. The minimum absolute atomic E-state index is 0.198. The van der Waals surface area contributed by atoms with Gasteiger partial charge in [0.15, 0.2) is 5.11 Å². The van der Waals surface area contributed by atoms with E-state index in [4.69, 9.17) is 12.2 Å². The number of hydrogen-bond acceptors (Lipinski definition) is 3. The number of aliphatic hydroxyl groups is 1. The van der Waals surface area contributed by atoms with E-state index < -0.39 is 0 Å². The van der Waals surface area contributed by atoms with Crippen LogP contribution in [0.5, 0.6) is 0 Å². The van der Waals surface area contributed by atoms with Gasteiger partial charge in [-0.25, -0.2) is 0 Å². The van der Waals surface area contributed by atoms with Gasteiger partial charge in [-0.3, -0.25) is 10.1 Å². The molecule has 3 N–H and O–H groups in total. The molecule has 4 nitrogen and oxygen atoms in total. The van der Waals surface area contributed by atoms with Gasteiger partial charge in [0, 0.05) is 10.5 Å². The lowest BCUT2D eigenvalue weighted by Crippen LogP contribution is -2.46. The van der Waals surface area contributed by atoms with Crippen LogP contribution < -0.4 is 10.6 Å². The first-order valence-electron chi connectivity index (χ1n) is 6.60. The Labute approximate surface area is 132 Å². The highest BCUT2D eigenvalue weighted by molar-refractivity contribution is 9.10. The highest BCUT2D eigenvalue weighted by Crippen LogP contribution is 2.18. The van der Waals surface area contributed by atoms with Crippen LogP contribution >= 0.6 is 28.1 Å². The van der Waals surface area contributed by atoms with Crippen LogP contribution in [0.2, 0.25) is 0 Å². The Morgan fingerprint density at radius 3 is 2.55 bits per heavy atom. The number of nitrogens with one attached hydrogen (secondary N) is 2. The molecule has 0 unspecified atom stereocenters. The lowest BCUT2D eigenvalue weighted by molar-refractivity contribution is 0.0973. The van der Waals surface area contributed by atoms with E-state index in [1.54, 1.807) is 12.1 Å². The molecule has 1 aromatic rings. The molecule has 1 aromatic carbocycles. The summed E-state index contributed by atoms with van der Waals surface area (Å²) in [6, 6.07) is 7.43. The molecule has 0 aliphatic heterocycles. The Bertz CT molecular complexity index is 502. The molecule has 1 fully saturated rings. The van der Waals surface area contributed by atoms with Crippen molar-refractivity contribution in [2.45, 2.75) is 37.8 Å². The minimum atomic E-state index is -0.231. The molecule has 1 aliphatic rings. The van der Waals surface area contributed by atoms with Gasteiger partial charge < -0.3 is 10.4 Å². The van der Waals surface area contributed by atoms with E-state index in [1.807, 2.05) is 12.1 Å². The van der Waals surface area contributed by atoms with Crippen molar-refractivity contribution in [1.82, 2.24) is 10.6 Å². The average molecular weight is 357 g/mol. The second-order valence-corrected chi connectivity index (χ2v) is 6.18. The van der Waals surface area contributed by atoms with Gasteiger partial charge in [-0.2, -0.15) is 0 Å². The first-order chi connectivity index (χ1) is 9.56. The van der Waals surface area contributed by atoms with Gasteiger partial charge in [0.05, 0.1) is 11.7 Å². The lowest BCUT2D eigenvalue weighted by atomic mass is 9.93. The summed E-state index contributed by atoms with van der Waals surface area (Å²) >= 11 is 8.50. The molecule has 0 aromatic heterocycles. The highest BCUT2D eigenvalue weighted by atomic mass is 79.9. The third-order valence-electron chi connectivity index (χ3n) is 3.38. The molecule has 0 bridgehead atoms. The van der Waals surface area contributed by atoms with Crippen molar-refractivity contribution in [3.05, 3.63) is 34.3 Å². The van der Waals surface area contributed by atoms with Crippen LogP contribution in [-0.2, 0) is 0 Å². The van der Waals surface area contributed by atoms with Crippen LogP contribution in [0.25, 0.3) is 0 Å². The summed E-state index contributed by atoms with van der Waals surface area (Å²) in [6.07, 6.45) is 3.09. The van der Waals surface area contributed by atoms with Gasteiger partial charge in [-0.1, -0.05) is 12.1 Å². The maximum atomic E-state index is 12.1. The second-order valence-electron chi connectivity index (χ2n) is 4.91. The molecule has 108 valence electrons. The molecule has 0 heterocycles. The standard InChI is InChI=1S/C14H17BrN2O2S/c15-12-4-2-1-3-11(12)13(19)17-14(20)16-9-5-7-10(18)8-6-9/h1-4,9-10,18H,5-8H2,(H2,16,17,19,20). The fourth-order valence-electron chi connectivity index (χ4n) is 2.26. The summed E-state index contributed by atoms with van der Waals surface area (Å²) in [4.78, 5) is 12.1. The SMILES string of the molecule is O=C(NC(=S)NC1CCC(O)CC1)c1ccccc1Br. The van der Waals surface area contributed by atoms with Crippen molar-refractivity contribution in [3.8, 4) is 0 Å². The van der Waals surface area contributed by atoms with Crippen molar-refractivity contribution >= 4 is 39.2 Å². The minimum Gasteiger partial charge on any atom is -0.393 e. The van der Waals surface area contributed by atoms with Crippen LogP contribution in [-0.4, -0.2) is 28.3 Å². The zero-order valence-corrected chi connectivity index (χ0v) is 13.3. The molecule has 0 radical (unpaired) electrons. The Morgan fingerprint density at radius 1 is 1.25 bits per heavy atom. The van der Waals surface area contributed by atoms with Crippen molar-refractivity contribution < 1.29 is 9.90 Å². The van der Waals surface area contributed by atoms with E-state index in [0.29, 0.717) is 10.7 Å². The molecule has 20 heavy (non-hydrogen) atoms. The van der Waals surface area contributed by atoms with Gasteiger partial charge >= 0.3 is 0 Å². The summed E-state index contributed by atoms with van der Waals surface area (Å²) in [7, 11) is 0. The van der Waals surface area contributed by atoms with E-state index in [-0.39, 0.29) is 18.1 Å². The molecule has 0 spiro atoms. The largest absolute Gasteiger partial charge is 0.393 e. The molecule has 2 rings (SSSR count). The molecule has 6 heteroatoms. The predicted molar refractivity (Wildman–Crippen MR) is 85.6 cm³/mol. The van der Waals surface area contributed by atoms with Crippen molar-refractivity contribution in [2.24, 2.45) is 0 Å². The number of carbonyl (C=O) groups excluding carboxylic acids is 1. The lowest BCUT2D eigenvalue weighted by Gasteiger charge is -2.27. The van der Waals surface area contributed by atoms with E-state index in [2.05, 4.69) is 26.6 Å². The molecule has 1 amide bonds. The van der Waals surface area contributed by atoms with Gasteiger partial charge in [0.1, 0.15) is 0 Å². The van der Waals surface area contributed by atoms with Crippen molar-refractivity contribution in [1.29, 1.82) is 0 Å². The van der Waals surface area contributed by atoms with Crippen LogP contribution in [0.3, 0.4) is 0 Å². The molecule has 0 saturated heterocycles. The number of thiocarbonyl (C=S) groups is 1. The van der Waals surface area contributed by atoms with Crippen LogP contribution in [0, 0.1) is 0 Å². The first-order valence-corrected chi connectivity index (χ1v) is 7.81. The van der Waals surface area contributed by atoms with Gasteiger partial charge in [0.2, 0.25) is 0 Å². The number of hydrogen-bond donors (Lipinski definition) is 3. The number of benzene rings is 1. The first kappa shape index (κ1) is 15.4. The Kier molecular flexibility index (Phi) is 5.51. The summed E-state index contributed by atoms with van der Waals surface area (Å²) in [5, 5.41) is 15.6. The number of aliphatic hydroxyl groups excluding tert-OH is 1. The van der Waals surface area contributed by atoms with Gasteiger partial charge in [0.25, 0.3) is 5.91 Å². The maximum Gasteiger partial charge on any atom is 0.258 e. The topological polar surface area (TPSA) is 61.4 Å². The number of halogens is 1. The van der Waals surface area contributed by atoms with Crippen molar-refractivity contribution in [2.75, 3.05) is 0 Å². The summed E-state index contributed by atoms with van der Waals surface area (Å²) in [5.41, 5.74) is 0.552. The zero-order chi connectivity index (χ0) is 14.5. The number of amides is 1. The maximum absolute atomic E-state index is 12.1. The summed E-state index contributed by atoms with van der Waals surface area (Å²) in [5.74, 6) is -0.231. The van der Waals surface area contributed by atoms with Crippen molar-refractivity contribution in [3.63, 3.8) is 0 Å². The molecule has 1 aliphatic carbocycles. The quantitative estimate of drug-likeness (QED) is 0.712. The smallest absolute Gasteiger partial charge is 0.258 e. The highest BCUT2D eigenvalue weighted by Gasteiger charge is 2.20. The molecular weight excluding hydrogens is 340 g/mol. The van der Waals surface area contributed by atoms with Crippen LogP contribution in [0.15, 0.2) is 28.7 Å². The Balaban J connectivity index is 1.85.